The van der Waals surface area contributed by atoms with Crippen LogP contribution in [0.3, 0.4) is 0 Å². The molecule has 0 spiro atoms. The lowest BCUT2D eigenvalue weighted by atomic mass is 9.74. The number of hydrogen-bond acceptors (Lipinski definition) is 0. The van der Waals surface area contributed by atoms with Crippen LogP contribution in [0.1, 0.15) is 131 Å². The molecule has 0 heteroatoms. The van der Waals surface area contributed by atoms with E-state index in [9.17, 15) is 0 Å². The van der Waals surface area contributed by atoms with Crippen molar-refractivity contribution in [2.75, 3.05) is 0 Å². The number of rotatable bonds is 16. The summed E-state index contributed by atoms with van der Waals surface area (Å²) in [6.07, 6.45) is 20.6. The molecule has 1 aliphatic rings. The van der Waals surface area contributed by atoms with Crippen LogP contribution in [0.4, 0.5) is 0 Å². The van der Waals surface area contributed by atoms with Gasteiger partial charge in [0.05, 0.1) is 0 Å². The summed E-state index contributed by atoms with van der Waals surface area (Å²) in [6, 6.07) is 0. The van der Waals surface area contributed by atoms with Gasteiger partial charge in [0.15, 0.2) is 0 Å². The fraction of sp³-hybridized carbons (Fsp3) is 1.00. The zero-order chi connectivity index (χ0) is 19.4. The molecule has 0 N–H and O–H groups in total. The zero-order valence-corrected chi connectivity index (χ0v) is 19.4. The molecule has 0 aromatic carbocycles. The van der Waals surface area contributed by atoms with Gasteiger partial charge in [-0.3, -0.25) is 0 Å². The van der Waals surface area contributed by atoms with Crippen molar-refractivity contribution in [3.8, 4) is 0 Å². The van der Waals surface area contributed by atoms with Gasteiger partial charge in [0, 0.05) is 0 Å². The van der Waals surface area contributed by atoms with E-state index in [1.807, 2.05) is 0 Å². The van der Waals surface area contributed by atoms with Crippen molar-refractivity contribution in [1.29, 1.82) is 0 Å². The first-order valence-corrected chi connectivity index (χ1v) is 12.4. The van der Waals surface area contributed by atoms with Gasteiger partial charge in [-0.15, -0.1) is 0 Å². The third-order valence-corrected chi connectivity index (χ3v) is 7.49. The van der Waals surface area contributed by atoms with Crippen LogP contribution in [0.15, 0.2) is 0 Å². The first kappa shape index (κ1) is 24.0. The van der Waals surface area contributed by atoms with Crippen molar-refractivity contribution in [3.05, 3.63) is 0 Å². The molecule has 0 aliphatic heterocycles. The van der Waals surface area contributed by atoms with Gasteiger partial charge in [-0.1, -0.05) is 125 Å². The van der Waals surface area contributed by atoms with Crippen LogP contribution in [0.5, 0.6) is 0 Å². The van der Waals surface area contributed by atoms with Crippen LogP contribution in [0.25, 0.3) is 0 Å². The molecule has 0 saturated heterocycles. The molecule has 0 amide bonds. The number of hydrogen-bond donors (Lipinski definition) is 0. The van der Waals surface area contributed by atoms with Crippen molar-refractivity contribution in [2.24, 2.45) is 35.5 Å². The van der Waals surface area contributed by atoms with Crippen LogP contribution in [-0.2, 0) is 0 Å². The van der Waals surface area contributed by atoms with Gasteiger partial charge in [0.2, 0.25) is 0 Å². The molecule has 1 rings (SSSR count). The van der Waals surface area contributed by atoms with Gasteiger partial charge >= 0.3 is 0 Å². The molecule has 0 aromatic rings. The molecule has 0 nitrogen and oxygen atoms in total. The summed E-state index contributed by atoms with van der Waals surface area (Å²) in [5.74, 6) is 5.66. The SMILES string of the molecule is CCC[C@H](C)CC(CCCCCCC1CCC1)C(C)C(C)CCC(C)C. The van der Waals surface area contributed by atoms with E-state index in [1.165, 1.54) is 89.9 Å². The quantitative estimate of drug-likeness (QED) is 0.239. The lowest BCUT2D eigenvalue weighted by Gasteiger charge is -2.31. The second-order valence-corrected chi connectivity index (χ2v) is 10.5. The Morgan fingerprint density at radius 2 is 1.46 bits per heavy atom. The Labute approximate surface area is 167 Å². The second-order valence-electron chi connectivity index (χ2n) is 10.5. The van der Waals surface area contributed by atoms with E-state index in [1.54, 1.807) is 0 Å². The molecule has 1 fully saturated rings. The minimum atomic E-state index is 0.859. The molecule has 0 heterocycles. The fourth-order valence-electron chi connectivity index (χ4n) is 5.02. The summed E-state index contributed by atoms with van der Waals surface area (Å²) < 4.78 is 0. The minimum Gasteiger partial charge on any atom is -0.0654 e. The molecule has 1 aliphatic carbocycles. The summed E-state index contributed by atoms with van der Waals surface area (Å²) >= 11 is 0. The average molecular weight is 365 g/mol. The molecule has 3 unspecified atom stereocenters. The van der Waals surface area contributed by atoms with Gasteiger partial charge in [-0.25, -0.2) is 0 Å². The van der Waals surface area contributed by atoms with E-state index in [0.717, 1.165) is 35.5 Å². The van der Waals surface area contributed by atoms with Crippen LogP contribution in [0, 0.1) is 35.5 Å². The van der Waals surface area contributed by atoms with Gasteiger partial charge < -0.3 is 0 Å². The van der Waals surface area contributed by atoms with Gasteiger partial charge in [-0.2, -0.15) is 0 Å². The highest BCUT2D eigenvalue weighted by molar-refractivity contribution is 4.75. The maximum Gasteiger partial charge on any atom is -0.0383 e. The first-order valence-electron chi connectivity index (χ1n) is 12.4. The number of unbranched alkanes of at least 4 members (excludes halogenated alkanes) is 3. The van der Waals surface area contributed by atoms with Crippen LogP contribution in [-0.4, -0.2) is 0 Å². The van der Waals surface area contributed by atoms with Gasteiger partial charge in [0.25, 0.3) is 0 Å². The highest BCUT2D eigenvalue weighted by Gasteiger charge is 2.24. The predicted octanol–water partition coefficient (Wildman–Crippen LogP) is 9.28. The summed E-state index contributed by atoms with van der Waals surface area (Å²) in [7, 11) is 0. The van der Waals surface area contributed by atoms with Crippen LogP contribution < -0.4 is 0 Å². The summed E-state index contributed by atoms with van der Waals surface area (Å²) in [6.45, 7) is 14.7. The van der Waals surface area contributed by atoms with E-state index in [0.29, 0.717) is 0 Å². The monoisotopic (exact) mass is 364 g/mol. The Balaban J connectivity index is 2.33. The maximum atomic E-state index is 2.57. The highest BCUT2D eigenvalue weighted by atomic mass is 14.3. The van der Waals surface area contributed by atoms with Crippen molar-refractivity contribution in [1.82, 2.24) is 0 Å². The Morgan fingerprint density at radius 3 is 2.04 bits per heavy atom. The van der Waals surface area contributed by atoms with Crippen molar-refractivity contribution >= 4 is 0 Å². The van der Waals surface area contributed by atoms with Crippen LogP contribution in [0.2, 0.25) is 0 Å². The molecule has 0 aromatic heterocycles. The van der Waals surface area contributed by atoms with Crippen molar-refractivity contribution in [2.45, 2.75) is 131 Å². The summed E-state index contributed by atoms with van der Waals surface area (Å²) in [5.41, 5.74) is 0. The third-order valence-electron chi connectivity index (χ3n) is 7.49. The molecule has 0 bridgehead atoms. The average Bonchev–Trinajstić information content (AvgIpc) is 2.55. The first-order chi connectivity index (χ1) is 12.4. The van der Waals surface area contributed by atoms with E-state index < -0.39 is 0 Å². The standard InChI is InChI=1S/C26H52/c1-7-13-22(4)20-26(24(6)23(5)19-18-21(2)3)17-11-9-8-10-14-25-15-12-16-25/h21-26H,7-20H2,1-6H3/t22-,23?,24?,26?/m0/s1. The third kappa shape index (κ3) is 10.4. The minimum absolute atomic E-state index is 0.859. The predicted molar refractivity (Wildman–Crippen MR) is 120 cm³/mol. The lowest BCUT2D eigenvalue weighted by Crippen LogP contribution is -2.22. The molecule has 156 valence electrons. The van der Waals surface area contributed by atoms with Crippen molar-refractivity contribution < 1.29 is 0 Å². The van der Waals surface area contributed by atoms with E-state index in [-0.39, 0.29) is 0 Å². The maximum absolute atomic E-state index is 2.57. The van der Waals surface area contributed by atoms with Crippen LogP contribution >= 0.6 is 0 Å². The second kappa shape index (κ2) is 14.1. The lowest BCUT2D eigenvalue weighted by molar-refractivity contribution is 0.190. The Morgan fingerprint density at radius 1 is 0.769 bits per heavy atom. The Hall–Kier alpha value is 0. The summed E-state index contributed by atoms with van der Waals surface area (Å²) in [4.78, 5) is 0. The summed E-state index contributed by atoms with van der Waals surface area (Å²) in [5, 5.41) is 0. The fourth-order valence-corrected chi connectivity index (χ4v) is 5.02. The van der Waals surface area contributed by atoms with Crippen molar-refractivity contribution in [3.63, 3.8) is 0 Å². The molecule has 1 saturated carbocycles. The largest absolute Gasteiger partial charge is 0.0654 e. The Kier molecular flexibility index (Phi) is 13.0. The smallest absolute Gasteiger partial charge is 0.0383 e. The zero-order valence-electron chi connectivity index (χ0n) is 19.4. The topological polar surface area (TPSA) is 0 Å². The molecule has 0 radical (unpaired) electrons. The normalized spacial score (nSPS) is 20.0. The molecule has 26 heavy (non-hydrogen) atoms. The molecular formula is C26H52. The molecule has 4 atom stereocenters. The Bertz CT molecular complexity index is 314. The van der Waals surface area contributed by atoms with E-state index in [2.05, 4.69) is 41.5 Å². The van der Waals surface area contributed by atoms with Gasteiger partial charge in [-0.05, 0) is 41.9 Å². The van der Waals surface area contributed by atoms with Gasteiger partial charge in [0.1, 0.15) is 0 Å². The van der Waals surface area contributed by atoms with E-state index >= 15 is 0 Å². The molecular weight excluding hydrogens is 312 g/mol. The van der Waals surface area contributed by atoms with E-state index in [4.69, 9.17) is 0 Å². The highest BCUT2D eigenvalue weighted by Crippen LogP contribution is 2.35.